The first-order chi connectivity index (χ1) is 6.27. The van der Waals surface area contributed by atoms with Crippen molar-refractivity contribution in [2.75, 3.05) is 7.11 Å². The van der Waals surface area contributed by atoms with Gasteiger partial charge in [-0.05, 0) is 6.42 Å². The fraction of sp³-hybridized carbons (Fsp3) is 0.667. The number of aryl methyl sites for hydroxylation is 1. The summed E-state index contributed by atoms with van der Waals surface area (Å²) < 4.78 is 4.97. The van der Waals surface area contributed by atoms with Crippen molar-refractivity contribution >= 4 is 11.6 Å². The van der Waals surface area contributed by atoms with E-state index in [0.29, 0.717) is 11.8 Å². The summed E-state index contributed by atoms with van der Waals surface area (Å²) >= 11 is 5.88. The van der Waals surface area contributed by atoms with E-state index in [4.69, 9.17) is 16.3 Å². The number of imidazole rings is 1. The van der Waals surface area contributed by atoms with Gasteiger partial charge in [0.1, 0.15) is 5.82 Å². The molecule has 0 aliphatic heterocycles. The maximum absolute atomic E-state index is 5.88. The summed E-state index contributed by atoms with van der Waals surface area (Å²) in [7, 11) is 1.64. The maximum atomic E-state index is 5.88. The summed E-state index contributed by atoms with van der Waals surface area (Å²) in [5.74, 6) is 0.957. The second-order valence-corrected chi connectivity index (χ2v) is 3.35. The Morgan fingerprint density at radius 2 is 2.31 bits per heavy atom. The highest BCUT2D eigenvalue weighted by atomic mass is 35.5. The minimum Gasteiger partial charge on any atom is -0.378 e. The second-order valence-electron chi connectivity index (χ2n) is 2.99. The van der Waals surface area contributed by atoms with Gasteiger partial charge >= 0.3 is 0 Å². The van der Waals surface area contributed by atoms with Gasteiger partial charge < -0.3 is 9.72 Å². The Hall–Kier alpha value is -0.540. The summed E-state index contributed by atoms with van der Waals surface area (Å²) in [6.07, 6.45) is 3.26. The summed E-state index contributed by atoms with van der Waals surface area (Å²) in [4.78, 5) is 7.35. The average molecular weight is 203 g/mol. The normalized spacial score (nSPS) is 10.7. The number of ether oxygens (including phenoxy) is 1. The Kier molecular flexibility index (Phi) is 4.25. The van der Waals surface area contributed by atoms with Crippen LogP contribution in [0.15, 0.2) is 0 Å². The Morgan fingerprint density at radius 3 is 2.92 bits per heavy atom. The molecule has 0 atom stereocenters. The van der Waals surface area contributed by atoms with Crippen molar-refractivity contribution in [3.05, 3.63) is 16.7 Å². The van der Waals surface area contributed by atoms with Crippen LogP contribution in [0.1, 0.15) is 31.3 Å². The van der Waals surface area contributed by atoms with E-state index in [0.717, 1.165) is 30.8 Å². The van der Waals surface area contributed by atoms with Crippen LogP contribution >= 0.6 is 11.6 Å². The molecule has 0 aliphatic rings. The van der Waals surface area contributed by atoms with Gasteiger partial charge in [0.25, 0.3) is 0 Å². The predicted octanol–water partition coefficient (Wildman–Crippen LogP) is 2.55. The summed E-state index contributed by atoms with van der Waals surface area (Å²) in [5.41, 5.74) is 0.871. The summed E-state index contributed by atoms with van der Waals surface area (Å²) in [6.45, 7) is 2.65. The molecule has 3 nitrogen and oxygen atoms in total. The molecule has 1 rings (SSSR count). The molecule has 0 fully saturated rings. The minimum atomic E-state index is 0.498. The van der Waals surface area contributed by atoms with Crippen LogP contribution in [0.2, 0.25) is 5.15 Å². The van der Waals surface area contributed by atoms with Crippen LogP contribution in [0.5, 0.6) is 0 Å². The van der Waals surface area contributed by atoms with E-state index in [1.165, 1.54) is 0 Å². The summed E-state index contributed by atoms with van der Waals surface area (Å²) in [5, 5.41) is 0.535. The Balaban J connectivity index is 2.59. The smallest absolute Gasteiger partial charge is 0.152 e. The molecule has 4 heteroatoms. The van der Waals surface area contributed by atoms with Crippen molar-refractivity contribution in [3.8, 4) is 0 Å². The number of hydrogen-bond donors (Lipinski definition) is 1. The standard InChI is InChI=1S/C9H15ClN2O/c1-3-4-5-8-11-7(6-13-2)9(10)12-8/h3-6H2,1-2H3,(H,11,12). The molecule has 0 unspecified atom stereocenters. The number of nitrogens with zero attached hydrogens (tertiary/aromatic N) is 1. The maximum Gasteiger partial charge on any atom is 0.152 e. The fourth-order valence-corrected chi connectivity index (χ4v) is 1.35. The average Bonchev–Trinajstić information content (AvgIpc) is 2.45. The molecule has 0 saturated carbocycles. The highest BCUT2D eigenvalue weighted by Gasteiger charge is 2.06. The van der Waals surface area contributed by atoms with Crippen LogP contribution < -0.4 is 0 Å². The largest absolute Gasteiger partial charge is 0.378 e. The molecular formula is C9H15ClN2O. The van der Waals surface area contributed by atoms with Gasteiger partial charge in [-0.2, -0.15) is 0 Å². The molecule has 1 heterocycles. The van der Waals surface area contributed by atoms with Crippen molar-refractivity contribution in [2.24, 2.45) is 0 Å². The lowest BCUT2D eigenvalue weighted by atomic mass is 10.2. The van der Waals surface area contributed by atoms with Gasteiger partial charge in [-0.1, -0.05) is 24.9 Å². The van der Waals surface area contributed by atoms with Crippen LogP contribution in [0.3, 0.4) is 0 Å². The minimum absolute atomic E-state index is 0.498. The lowest BCUT2D eigenvalue weighted by molar-refractivity contribution is 0.182. The van der Waals surface area contributed by atoms with Gasteiger partial charge in [-0.15, -0.1) is 0 Å². The van der Waals surface area contributed by atoms with Gasteiger partial charge in [-0.25, -0.2) is 4.98 Å². The van der Waals surface area contributed by atoms with Gasteiger partial charge in [0.2, 0.25) is 0 Å². The first-order valence-electron chi connectivity index (χ1n) is 4.50. The number of unbranched alkanes of at least 4 members (excludes halogenated alkanes) is 1. The van der Waals surface area contributed by atoms with E-state index in [-0.39, 0.29) is 0 Å². The number of halogens is 1. The second kappa shape index (κ2) is 5.25. The van der Waals surface area contributed by atoms with Crippen molar-refractivity contribution < 1.29 is 4.74 Å². The van der Waals surface area contributed by atoms with Gasteiger partial charge in [0.05, 0.1) is 12.3 Å². The first kappa shape index (κ1) is 10.5. The Labute approximate surface area is 83.5 Å². The zero-order valence-electron chi connectivity index (χ0n) is 8.06. The van der Waals surface area contributed by atoms with Gasteiger partial charge in [0.15, 0.2) is 5.15 Å². The Morgan fingerprint density at radius 1 is 1.54 bits per heavy atom. The first-order valence-corrected chi connectivity index (χ1v) is 4.88. The van der Waals surface area contributed by atoms with E-state index < -0.39 is 0 Å². The predicted molar refractivity (Wildman–Crippen MR) is 52.9 cm³/mol. The van der Waals surface area contributed by atoms with Crippen molar-refractivity contribution in [3.63, 3.8) is 0 Å². The number of hydrogen-bond acceptors (Lipinski definition) is 2. The van der Waals surface area contributed by atoms with Crippen LogP contribution in [0.4, 0.5) is 0 Å². The third kappa shape index (κ3) is 3.01. The van der Waals surface area contributed by atoms with E-state index in [9.17, 15) is 0 Å². The molecular weight excluding hydrogens is 188 g/mol. The van der Waals surface area contributed by atoms with Crippen LogP contribution in [0.25, 0.3) is 0 Å². The summed E-state index contributed by atoms with van der Waals surface area (Å²) in [6, 6.07) is 0. The number of H-pyrrole nitrogens is 1. The topological polar surface area (TPSA) is 37.9 Å². The lowest BCUT2D eigenvalue weighted by Gasteiger charge is -1.94. The molecule has 74 valence electrons. The van der Waals surface area contributed by atoms with E-state index >= 15 is 0 Å². The SMILES string of the molecule is CCCCc1nc(Cl)c(COC)[nH]1. The zero-order valence-corrected chi connectivity index (χ0v) is 8.82. The van der Waals surface area contributed by atoms with Crippen LogP contribution in [0, 0.1) is 0 Å². The molecule has 1 N–H and O–H groups in total. The quantitative estimate of drug-likeness (QED) is 0.797. The van der Waals surface area contributed by atoms with Crippen molar-refractivity contribution in [2.45, 2.75) is 32.8 Å². The molecule has 0 aromatic carbocycles. The Bertz CT molecular complexity index is 260. The fourth-order valence-electron chi connectivity index (χ4n) is 1.14. The van der Waals surface area contributed by atoms with E-state index in [1.807, 2.05) is 0 Å². The van der Waals surface area contributed by atoms with E-state index in [2.05, 4.69) is 16.9 Å². The zero-order chi connectivity index (χ0) is 9.68. The van der Waals surface area contributed by atoms with Crippen LogP contribution in [-0.4, -0.2) is 17.1 Å². The molecule has 0 spiro atoms. The highest BCUT2D eigenvalue weighted by Crippen LogP contribution is 2.14. The van der Waals surface area contributed by atoms with E-state index in [1.54, 1.807) is 7.11 Å². The number of aromatic amines is 1. The lowest BCUT2D eigenvalue weighted by Crippen LogP contribution is -1.90. The molecule has 1 aromatic heterocycles. The molecule has 1 aromatic rings. The van der Waals surface area contributed by atoms with Crippen molar-refractivity contribution in [1.82, 2.24) is 9.97 Å². The molecule has 0 saturated heterocycles. The molecule has 0 radical (unpaired) electrons. The highest BCUT2D eigenvalue weighted by molar-refractivity contribution is 6.30. The molecule has 0 amide bonds. The third-order valence-corrected chi connectivity index (χ3v) is 2.15. The van der Waals surface area contributed by atoms with Gasteiger partial charge in [-0.3, -0.25) is 0 Å². The molecule has 0 bridgehead atoms. The van der Waals surface area contributed by atoms with Crippen LogP contribution in [-0.2, 0) is 17.8 Å². The number of methoxy groups -OCH3 is 1. The third-order valence-electron chi connectivity index (χ3n) is 1.83. The number of aromatic nitrogens is 2. The molecule has 0 aliphatic carbocycles. The van der Waals surface area contributed by atoms with Gasteiger partial charge in [0, 0.05) is 13.5 Å². The number of nitrogens with one attached hydrogen (secondary N) is 1. The molecule has 13 heavy (non-hydrogen) atoms. The van der Waals surface area contributed by atoms with Crippen molar-refractivity contribution in [1.29, 1.82) is 0 Å². The monoisotopic (exact) mass is 202 g/mol. The number of rotatable bonds is 5.